The van der Waals surface area contributed by atoms with Gasteiger partial charge in [-0.15, -0.1) is 0 Å². The number of nitriles is 1. The van der Waals surface area contributed by atoms with Gasteiger partial charge in [0, 0.05) is 18.4 Å². The number of aromatic nitrogens is 1. The summed E-state index contributed by atoms with van der Waals surface area (Å²) in [6, 6.07) is 16.0. The van der Waals surface area contributed by atoms with Crippen molar-refractivity contribution >= 4 is 22.6 Å². The van der Waals surface area contributed by atoms with Crippen molar-refractivity contribution in [1.82, 2.24) is 10.3 Å². The van der Waals surface area contributed by atoms with Crippen LogP contribution in [0.1, 0.15) is 36.1 Å². The van der Waals surface area contributed by atoms with E-state index in [9.17, 15) is 10.1 Å². The van der Waals surface area contributed by atoms with E-state index in [-0.39, 0.29) is 5.91 Å². The van der Waals surface area contributed by atoms with Crippen LogP contribution in [0.5, 0.6) is 5.75 Å². The van der Waals surface area contributed by atoms with Crippen molar-refractivity contribution < 1.29 is 9.53 Å². The highest BCUT2D eigenvalue weighted by Gasteiger charge is 2.08. The molecule has 0 saturated heterocycles. The molecule has 0 aliphatic carbocycles. The fourth-order valence-corrected chi connectivity index (χ4v) is 3.33. The van der Waals surface area contributed by atoms with Gasteiger partial charge in [-0.25, -0.2) is 4.98 Å². The lowest BCUT2D eigenvalue weighted by atomic mass is 10.0. The van der Waals surface area contributed by atoms with Crippen molar-refractivity contribution in [3.05, 3.63) is 64.7 Å². The highest BCUT2D eigenvalue weighted by atomic mass is 16.5. The normalized spacial score (nSPS) is 11.7. The molecule has 0 saturated carbocycles. The highest BCUT2D eigenvalue weighted by Crippen LogP contribution is 2.23. The predicted molar refractivity (Wildman–Crippen MR) is 118 cm³/mol. The van der Waals surface area contributed by atoms with Gasteiger partial charge in [0.1, 0.15) is 18.2 Å². The van der Waals surface area contributed by atoms with Gasteiger partial charge in [-0.05, 0) is 74.3 Å². The maximum Gasteiger partial charge on any atom is 0.222 e. The number of anilines is 1. The van der Waals surface area contributed by atoms with Gasteiger partial charge >= 0.3 is 0 Å². The van der Waals surface area contributed by atoms with Gasteiger partial charge in [-0.1, -0.05) is 12.1 Å². The average molecular weight is 402 g/mol. The third-order valence-electron chi connectivity index (χ3n) is 4.92. The molecule has 6 nitrogen and oxygen atoms in total. The van der Waals surface area contributed by atoms with Crippen molar-refractivity contribution in [2.75, 3.05) is 12.4 Å². The van der Waals surface area contributed by atoms with Crippen LogP contribution in [0.4, 0.5) is 5.82 Å². The van der Waals surface area contributed by atoms with Crippen molar-refractivity contribution in [3.63, 3.8) is 0 Å². The van der Waals surface area contributed by atoms with Crippen LogP contribution in [-0.2, 0) is 17.8 Å². The van der Waals surface area contributed by atoms with Gasteiger partial charge in [0.05, 0.1) is 17.1 Å². The number of amides is 1. The van der Waals surface area contributed by atoms with E-state index in [2.05, 4.69) is 28.6 Å². The van der Waals surface area contributed by atoms with Crippen LogP contribution in [0.3, 0.4) is 0 Å². The molecule has 3 rings (SSSR count). The second-order valence-corrected chi connectivity index (χ2v) is 7.52. The van der Waals surface area contributed by atoms with Crippen molar-refractivity contribution in [2.24, 2.45) is 0 Å². The van der Waals surface area contributed by atoms with Gasteiger partial charge in [0.2, 0.25) is 5.91 Å². The Balaban J connectivity index is 1.82. The number of ether oxygens (including phenoxy) is 1. The lowest BCUT2D eigenvalue weighted by molar-refractivity contribution is -0.114. The van der Waals surface area contributed by atoms with Gasteiger partial charge in [0.25, 0.3) is 0 Å². The molecule has 154 valence electrons. The Morgan fingerprint density at radius 3 is 2.70 bits per heavy atom. The Hall–Kier alpha value is -3.43. The molecule has 0 fully saturated rings. The number of hydrogen-bond donors (Lipinski definition) is 2. The summed E-state index contributed by atoms with van der Waals surface area (Å²) in [6.45, 7) is 5.91. The second-order valence-electron chi connectivity index (χ2n) is 7.52. The lowest BCUT2D eigenvalue weighted by Gasteiger charge is -2.13. The second kappa shape index (κ2) is 9.38. The number of carbonyl (C=O) groups is 1. The number of fused-ring (bicyclic) bond motifs is 1. The van der Waals surface area contributed by atoms with Gasteiger partial charge in [-0.3, -0.25) is 4.79 Å². The molecule has 0 aliphatic heterocycles. The summed E-state index contributed by atoms with van der Waals surface area (Å²) in [5.41, 5.74) is 4.44. The zero-order chi connectivity index (χ0) is 21.7. The molecule has 1 atom stereocenters. The smallest absolute Gasteiger partial charge is 0.222 e. The number of likely N-dealkylation sites (N-methyl/N-ethyl adjacent to an activating group) is 1. The molecule has 2 N–H and O–H groups in total. The quantitative estimate of drug-likeness (QED) is 0.621. The van der Waals surface area contributed by atoms with Gasteiger partial charge in [-0.2, -0.15) is 5.26 Å². The van der Waals surface area contributed by atoms with E-state index in [0.29, 0.717) is 29.8 Å². The summed E-state index contributed by atoms with van der Waals surface area (Å²) in [7, 11) is 1.92. The fraction of sp³-hybridized carbons (Fsp3) is 0.292. The molecule has 1 aromatic heterocycles. The molecular weight excluding hydrogens is 376 g/mol. The summed E-state index contributed by atoms with van der Waals surface area (Å²) in [5, 5.41) is 16.3. The van der Waals surface area contributed by atoms with Crippen LogP contribution in [0.2, 0.25) is 0 Å². The van der Waals surface area contributed by atoms with Gasteiger partial charge < -0.3 is 15.4 Å². The van der Waals surface area contributed by atoms with Crippen LogP contribution < -0.4 is 15.4 Å². The summed E-state index contributed by atoms with van der Waals surface area (Å²) >= 11 is 0. The van der Waals surface area contributed by atoms with E-state index in [4.69, 9.17) is 4.74 Å². The molecule has 0 bridgehead atoms. The molecule has 3 aromatic rings. The lowest BCUT2D eigenvalue weighted by Crippen LogP contribution is -2.23. The first-order valence-corrected chi connectivity index (χ1v) is 9.90. The molecule has 1 unspecified atom stereocenters. The fourth-order valence-electron chi connectivity index (χ4n) is 3.33. The molecule has 0 spiro atoms. The average Bonchev–Trinajstić information content (AvgIpc) is 2.71. The largest absolute Gasteiger partial charge is 0.489 e. The number of rotatable bonds is 7. The van der Waals surface area contributed by atoms with Crippen LogP contribution in [0, 0.1) is 18.3 Å². The Labute approximate surface area is 176 Å². The zero-order valence-electron chi connectivity index (χ0n) is 17.7. The molecule has 0 radical (unpaired) electrons. The van der Waals surface area contributed by atoms with Crippen molar-refractivity contribution in [3.8, 4) is 11.8 Å². The summed E-state index contributed by atoms with van der Waals surface area (Å²) in [6.07, 6.45) is 0.813. The van der Waals surface area contributed by atoms with Gasteiger partial charge in [0.15, 0.2) is 0 Å². The third kappa shape index (κ3) is 5.34. The number of hydrogen-bond acceptors (Lipinski definition) is 5. The third-order valence-corrected chi connectivity index (χ3v) is 4.92. The van der Waals surface area contributed by atoms with Crippen molar-refractivity contribution in [2.45, 2.75) is 39.8 Å². The van der Waals surface area contributed by atoms with E-state index in [1.54, 1.807) is 6.07 Å². The monoisotopic (exact) mass is 402 g/mol. The summed E-state index contributed by atoms with van der Waals surface area (Å²) < 4.78 is 6.00. The van der Waals surface area contributed by atoms with E-state index in [0.717, 1.165) is 34.0 Å². The molecule has 2 aromatic carbocycles. The van der Waals surface area contributed by atoms with Crippen LogP contribution in [0.15, 0.2) is 42.5 Å². The first-order valence-electron chi connectivity index (χ1n) is 9.90. The standard InChI is InChI=1S/C24H26N4O2/c1-15-7-24(27-17(3)29)28-23-12-18(5-6-22(15)23)14-30-21-10-19(8-16(2)26-4)9-20(11-21)13-25/h5-7,9-12,16,26H,8,14H2,1-4H3,(H,27,28,29). The zero-order valence-corrected chi connectivity index (χ0v) is 17.7. The maximum absolute atomic E-state index is 11.4. The van der Waals surface area contributed by atoms with E-state index < -0.39 is 0 Å². The minimum atomic E-state index is -0.151. The van der Waals surface area contributed by atoms with E-state index in [1.807, 2.05) is 50.4 Å². The van der Waals surface area contributed by atoms with E-state index in [1.165, 1.54) is 6.92 Å². The Kier molecular flexibility index (Phi) is 6.65. The Morgan fingerprint density at radius 1 is 1.20 bits per heavy atom. The number of pyridine rings is 1. The molecular formula is C24H26N4O2. The minimum absolute atomic E-state index is 0.151. The predicted octanol–water partition coefficient (Wildman–Crippen LogP) is 4.10. The molecule has 30 heavy (non-hydrogen) atoms. The van der Waals surface area contributed by atoms with Crippen LogP contribution in [-0.4, -0.2) is 24.0 Å². The number of carbonyl (C=O) groups excluding carboxylic acids is 1. The summed E-state index contributed by atoms with van der Waals surface area (Å²) in [5.74, 6) is 1.06. The van der Waals surface area contributed by atoms with Crippen LogP contribution >= 0.6 is 0 Å². The maximum atomic E-state index is 11.4. The minimum Gasteiger partial charge on any atom is -0.489 e. The highest BCUT2D eigenvalue weighted by molar-refractivity contribution is 5.91. The number of aryl methyl sites for hydroxylation is 1. The molecule has 0 aliphatic rings. The van der Waals surface area contributed by atoms with E-state index >= 15 is 0 Å². The molecule has 1 amide bonds. The van der Waals surface area contributed by atoms with Crippen molar-refractivity contribution in [1.29, 1.82) is 5.26 Å². The Morgan fingerprint density at radius 2 is 2.00 bits per heavy atom. The molecule has 1 heterocycles. The number of benzene rings is 2. The SMILES string of the molecule is CNC(C)Cc1cc(C#N)cc(OCc2ccc3c(C)cc(NC(C)=O)nc3c2)c1. The first-order chi connectivity index (χ1) is 14.4. The van der Waals surface area contributed by atoms with Crippen LogP contribution in [0.25, 0.3) is 10.9 Å². The first kappa shape index (κ1) is 21.3. The summed E-state index contributed by atoms with van der Waals surface area (Å²) in [4.78, 5) is 15.9. The topological polar surface area (TPSA) is 87.0 Å². The Bertz CT molecular complexity index is 1120. The number of nitrogens with one attached hydrogen (secondary N) is 2. The number of nitrogens with zero attached hydrogens (tertiary/aromatic N) is 2. The molecule has 6 heteroatoms.